The van der Waals surface area contributed by atoms with E-state index in [1.807, 2.05) is 35.2 Å². The smallest absolute Gasteiger partial charge is 0.433 e. The fourth-order valence-corrected chi connectivity index (χ4v) is 6.32. The zero-order valence-electron chi connectivity index (χ0n) is 23.1. The minimum absolute atomic E-state index is 0.0952. The van der Waals surface area contributed by atoms with Gasteiger partial charge < -0.3 is 19.8 Å². The summed E-state index contributed by atoms with van der Waals surface area (Å²) in [7, 11) is 0. The minimum atomic E-state index is -4.87. The van der Waals surface area contributed by atoms with Crippen LogP contribution in [0.25, 0.3) is 11.1 Å². The maximum Gasteiger partial charge on any atom is 0.433 e. The monoisotopic (exact) mass is 619 g/mol. The molecule has 0 spiro atoms. The molecule has 3 atom stereocenters. The molecule has 1 aromatic heterocycles. The topological polar surface area (TPSA) is 81.9 Å². The lowest BCUT2D eigenvalue weighted by Crippen LogP contribution is -2.49. The number of alkyl halides is 4. The molecule has 1 N–H and O–H groups in total. The number of halogens is 5. The van der Waals surface area contributed by atoms with Crippen LogP contribution in [0.2, 0.25) is 5.02 Å². The number of carboxylic acid groups (broad SMARTS) is 1. The Balaban J connectivity index is 1.20. The number of nitrogens with zero attached hydrogens (tertiary/aromatic N) is 5. The highest BCUT2D eigenvalue weighted by molar-refractivity contribution is 6.31. The maximum absolute atomic E-state index is 13.9. The van der Waals surface area contributed by atoms with E-state index >= 15 is 0 Å². The first-order valence-corrected chi connectivity index (χ1v) is 14.6. The lowest BCUT2D eigenvalue weighted by atomic mass is 9.99. The van der Waals surface area contributed by atoms with Crippen LogP contribution in [0.15, 0.2) is 48.7 Å². The average molecular weight is 620 g/mol. The first-order valence-electron chi connectivity index (χ1n) is 14.2. The van der Waals surface area contributed by atoms with E-state index in [0.717, 1.165) is 33.4 Å². The number of carboxylic acids is 1. The number of piperazine rings is 1. The van der Waals surface area contributed by atoms with Crippen LogP contribution in [0, 0.1) is 5.92 Å². The second kappa shape index (κ2) is 11.4. The van der Waals surface area contributed by atoms with Gasteiger partial charge >= 0.3 is 12.1 Å². The van der Waals surface area contributed by atoms with Gasteiger partial charge in [0.05, 0.1) is 18.2 Å². The maximum atomic E-state index is 13.9. The van der Waals surface area contributed by atoms with Crippen molar-refractivity contribution >= 4 is 34.9 Å². The summed E-state index contributed by atoms with van der Waals surface area (Å²) < 4.78 is 55.8. The van der Waals surface area contributed by atoms with E-state index in [9.17, 15) is 32.3 Å². The molecule has 0 radical (unpaired) electrons. The van der Waals surface area contributed by atoms with Crippen molar-refractivity contribution < 1.29 is 32.3 Å². The predicted octanol–water partition coefficient (Wildman–Crippen LogP) is 5.77. The van der Waals surface area contributed by atoms with Crippen LogP contribution in [-0.2, 0) is 11.0 Å². The number of piperidine rings is 1. The van der Waals surface area contributed by atoms with Gasteiger partial charge in [0.15, 0.2) is 5.69 Å². The molecule has 3 aromatic rings. The summed E-state index contributed by atoms with van der Waals surface area (Å²) in [4.78, 5) is 29.7. The number of carbonyl (C=O) groups is 2. The molecule has 1 unspecified atom stereocenters. The van der Waals surface area contributed by atoms with E-state index in [1.54, 1.807) is 17.0 Å². The van der Waals surface area contributed by atoms with Crippen molar-refractivity contribution in [2.24, 2.45) is 5.92 Å². The molecule has 2 saturated heterocycles. The molecule has 1 amide bonds. The quantitative estimate of drug-likeness (QED) is 0.353. The van der Waals surface area contributed by atoms with Crippen LogP contribution in [0.1, 0.15) is 41.4 Å². The predicted molar refractivity (Wildman–Crippen MR) is 153 cm³/mol. The Kier molecular flexibility index (Phi) is 7.74. The van der Waals surface area contributed by atoms with E-state index in [1.165, 1.54) is 0 Å². The number of aromatic carboxylic acids is 1. The zero-order chi connectivity index (χ0) is 30.5. The number of hydrogen-bond acceptors (Lipinski definition) is 5. The summed E-state index contributed by atoms with van der Waals surface area (Å²) in [6.07, 6.45) is -3.78. The van der Waals surface area contributed by atoms with Gasteiger partial charge in [0.2, 0.25) is 5.91 Å². The normalized spacial score (nSPS) is 22.5. The Morgan fingerprint density at radius 3 is 2.30 bits per heavy atom. The van der Waals surface area contributed by atoms with Crippen molar-refractivity contribution in [3.8, 4) is 11.1 Å². The summed E-state index contributed by atoms with van der Waals surface area (Å²) >= 11 is 6.38. The van der Waals surface area contributed by atoms with Gasteiger partial charge in [0.1, 0.15) is 11.7 Å². The molecule has 8 nitrogen and oxygen atoms in total. The van der Waals surface area contributed by atoms with Crippen molar-refractivity contribution in [2.45, 2.75) is 37.7 Å². The van der Waals surface area contributed by atoms with Crippen molar-refractivity contribution in [3.05, 3.63) is 64.9 Å². The van der Waals surface area contributed by atoms with E-state index in [-0.39, 0.29) is 12.5 Å². The van der Waals surface area contributed by atoms with Gasteiger partial charge in [-0.2, -0.15) is 18.3 Å². The molecule has 1 aliphatic carbocycles. The van der Waals surface area contributed by atoms with Crippen molar-refractivity contribution in [1.29, 1.82) is 0 Å². The first kappa shape index (κ1) is 29.3. The third-order valence-corrected chi connectivity index (χ3v) is 8.74. The van der Waals surface area contributed by atoms with Gasteiger partial charge in [-0.1, -0.05) is 29.8 Å². The number of carbonyl (C=O) groups excluding carboxylic acids is 1. The molecular formula is C30H30ClF4N5O3. The standard InChI is InChI=1S/C30H30ClF4N5O3/c31-19-5-8-22(18-3-6-20(7-4-18)37-10-12-38(13-11-37)28(41)23-15-25(23)32)26(14-19)39-9-1-2-21(17-39)40-27(30(33,34)35)24(16-36-40)29(42)43/h3-8,14,16,21,23,25H,1-2,9-13,15,17H2,(H,42,43)/t21?,23-,25+/m0/s1. The molecule has 1 saturated carbocycles. The number of hydrogen-bond donors (Lipinski definition) is 1. The SMILES string of the molecule is O=C(O)c1cnn(C2CCCN(c3cc(Cl)ccc3-c3ccc(N4CCN(C(=O)[C@H]5C[C@H]5F)CC4)cc3)C2)c1C(F)(F)F. The molecule has 0 bridgehead atoms. The van der Waals surface area contributed by atoms with Crippen molar-refractivity contribution in [2.75, 3.05) is 49.1 Å². The number of aromatic nitrogens is 2. The van der Waals surface area contributed by atoms with Gasteiger partial charge in [0.25, 0.3) is 0 Å². The van der Waals surface area contributed by atoms with Crippen molar-refractivity contribution in [3.63, 3.8) is 0 Å². The van der Waals surface area contributed by atoms with Crippen LogP contribution >= 0.6 is 11.6 Å². The Bertz CT molecular complexity index is 1520. The summed E-state index contributed by atoms with van der Waals surface area (Å²) in [6, 6.07) is 12.7. The highest BCUT2D eigenvalue weighted by Crippen LogP contribution is 2.40. The van der Waals surface area contributed by atoms with E-state index in [0.29, 0.717) is 57.0 Å². The fraction of sp³-hybridized carbons (Fsp3) is 0.433. The van der Waals surface area contributed by atoms with E-state index in [2.05, 4.69) is 10.00 Å². The molecule has 2 aliphatic heterocycles. The van der Waals surface area contributed by atoms with Crippen molar-refractivity contribution in [1.82, 2.24) is 14.7 Å². The Morgan fingerprint density at radius 2 is 1.67 bits per heavy atom. The number of amides is 1. The van der Waals surface area contributed by atoms with E-state index < -0.39 is 41.5 Å². The molecule has 228 valence electrons. The molecule has 13 heteroatoms. The van der Waals surface area contributed by atoms with Crippen LogP contribution in [0.5, 0.6) is 0 Å². The summed E-state index contributed by atoms with van der Waals surface area (Å²) in [6.45, 7) is 3.16. The number of anilines is 2. The van der Waals surface area contributed by atoms with Crippen LogP contribution in [0.3, 0.4) is 0 Å². The van der Waals surface area contributed by atoms with Crippen LogP contribution in [-0.4, -0.2) is 77.1 Å². The lowest BCUT2D eigenvalue weighted by Gasteiger charge is -2.37. The number of rotatable bonds is 6. The third kappa shape index (κ3) is 5.89. The lowest BCUT2D eigenvalue weighted by molar-refractivity contribution is -0.145. The summed E-state index contributed by atoms with van der Waals surface area (Å²) in [5.41, 5.74) is 1.40. The van der Waals surface area contributed by atoms with Crippen LogP contribution in [0.4, 0.5) is 28.9 Å². The first-order chi connectivity index (χ1) is 20.5. The fourth-order valence-electron chi connectivity index (χ4n) is 6.15. The molecule has 3 aliphatic rings. The largest absolute Gasteiger partial charge is 0.478 e. The highest BCUT2D eigenvalue weighted by atomic mass is 35.5. The second-order valence-electron chi connectivity index (χ2n) is 11.3. The summed E-state index contributed by atoms with van der Waals surface area (Å²) in [5, 5.41) is 13.7. The molecular weight excluding hydrogens is 590 g/mol. The minimum Gasteiger partial charge on any atom is -0.478 e. The number of benzene rings is 2. The molecule has 2 aromatic carbocycles. The molecule has 6 rings (SSSR count). The summed E-state index contributed by atoms with van der Waals surface area (Å²) in [5.74, 6) is -2.24. The van der Waals surface area contributed by atoms with Crippen LogP contribution < -0.4 is 9.80 Å². The van der Waals surface area contributed by atoms with Gasteiger partial charge in [0, 0.05) is 61.2 Å². The second-order valence-corrected chi connectivity index (χ2v) is 11.7. The Morgan fingerprint density at radius 1 is 0.977 bits per heavy atom. The van der Waals surface area contributed by atoms with Gasteiger partial charge in [-0.3, -0.25) is 9.48 Å². The molecule has 3 fully saturated rings. The van der Waals surface area contributed by atoms with Gasteiger partial charge in [-0.25, -0.2) is 9.18 Å². The van der Waals surface area contributed by atoms with Gasteiger partial charge in [-0.05, 0) is 49.1 Å². The molecule has 3 heterocycles. The highest BCUT2D eigenvalue weighted by Gasteiger charge is 2.46. The Hall–Kier alpha value is -3.80. The average Bonchev–Trinajstić information content (AvgIpc) is 3.54. The van der Waals surface area contributed by atoms with Gasteiger partial charge in [-0.15, -0.1) is 0 Å². The van der Waals surface area contributed by atoms with E-state index in [4.69, 9.17) is 11.6 Å². The zero-order valence-corrected chi connectivity index (χ0v) is 23.9. The Labute approximate surface area is 250 Å². The third-order valence-electron chi connectivity index (χ3n) is 8.50. The molecule has 43 heavy (non-hydrogen) atoms.